The fourth-order valence-corrected chi connectivity index (χ4v) is 4.32. The van der Waals surface area contributed by atoms with Crippen LogP contribution in [0.5, 0.6) is 5.75 Å². The summed E-state index contributed by atoms with van der Waals surface area (Å²) < 4.78 is 38.2. The number of nitrogens with one attached hydrogen (secondary N) is 2. The number of methoxy groups -OCH3 is 1. The first-order valence-electron chi connectivity index (χ1n) is 8.56. The van der Waals surface area contributed by atoms with E-state index in [0.29, 0.717) is 24.6 Å². The predicted octanol–water partition coefficient (Wildman–Crippen LogP) is 1.29. The number of carbonyl (C=O) groups excluding carboxylic acids is 1. The van der Waals surface area contributed by atoms with Crippen molar-refractivity contribution in [3.05, 3.63) is 23.8 Å². The van der Waals surface area contributed by atoms with Crippen molar-refractivity contribution in [2.75, 3.05) is 26.9 Å². The predicted molar refractivity (Wildman–Crippen MR) is 92.2 cm³/mol. The van der Waals surface area contributed by atoms with Crippen molar-refractivity contribution in [2.45, 2.75) is 36.6 Å². The summed E-state index contributed by atoms with van der Waals surface area (Å²) in [6.07, 6.45) is 3.70. The second kappa shape index (κ2) is 7.72. The van der Waals surface area contributed by atoms with Crippen molar-refractivity contribution in [3.8, 4) is 5.75 Å². The third-order valence-corrected chi connectivity index (χ3v) is 5.96. The van der Waals surface area contributed by atoms with Gasteiger partial charge < -0.3 is 14.8 Å². The SMILES string of the molecule is COc1ccc(C(=O)NC[C@@H]2CCCOC2)cc1S(=O)(=O)NC1CC1. The van der Waals surface area contributed by atoms with Crippen LogP contribution in [-0.2, 0) is 14.8 Å². The molecule has 1 aromatic rings. The molecular formula is C17H24N2O5S. The highest BCUT2D eigenvalue weighted by atomic mass is 32.2. The molecule has 0 aromatic heterocycles. The molecule has 0 spiro atoms. The van der Waals surface area contributed by atoms with Gasteiger partial charge in [-0.2, -0.15) is 0 Å². The molecule has 2 aliphatic rings. The molecule has 2 fully saturated rings. The minimum absolute atomic E-state index is 0.00412. The Labute approximate surface area is 148 Å². The van der Waals surface area contributed by atoms with Crippen LogP contribution in [0.3, 0.4) is 0 Å². The summed E-state index contributed by atoms with van der Waals surface area (Å²) >= 11 is 0. The molecule has 1 saturated carbocycles. The topological polar surface area (TPSA) is 93.7 Å². The van der Waals surface area contributed by atoms with Crippen LogP contribution in [0.4, 0.5) is 0 Å². The third kappa shape index (κ3) is 4.71. The van der Waals surface area contributed by atoms with Crippen LogP contribution in [0.2, 0.25) is 0 Å². The minimum Gasteiger partial charge on any atom is -0.495 e. The van der Waals surface area contributed by atoms with Crippen LogP contribution in [0.25, 0.3) is 0 Å². The monoisotopic (exact) mass is 368 g/mol. The van der Waals surface area contributed by atoms with E-state index in [2.05, 4.69) is 10.0 Å². The number of benzene rings is 1. The smallest absolute Gasteiger partial charge is 0.251 e. The molecule has 3 rings (SSSR count). The first kappa shape index (κ1) is 18.2. The average molecular weight is 368 g/mol. The molecule has 1 amide bonds. The van der Waals surface area contributed by atoms with Crippen molar-refractivity contribution in [1.29, 1.82) is 0 Å². The molecule has 0 radical (unpaired) electrons. The Morgan fingerprint density at radius 3 is 2.76 bits per heavy atom. The van der Waals surface area contributed by atoms with E-state index in [1.54, 1.807) is 6.07 Å². The normalized spacial score (nSPS) is 20.9. The molecule has 2 N–H and O–H groups in total. The lowest BCUT2D eigenvalue weighted by Gasteiger charge is -2.22. The molecule has 25 heavy (non-hydrogen) atoms. The number of amides is 1. The van der Waals surface area contributed by atoms with Crippen molar-refractivity contribution in [1.82, 2.24) is 10.0 Å². The number of hydrogen-bond donors (Lipinski definition) is 2. The summed E-state index contributed by atoms with van der Waals surface area (Å²) in [6.45, 7) is 1.94. The molecule has 1 aromatic carbocycles. The summed E-state index contributed by atoms with van der Waals surface area (Å²) in [4.78, 5) is 12.4. The van der Waals surface area contributed by atoms with Gasteiger partial charge in [0.1, 0.15) is 10.6 Å². The Bertz CT molecular complexity index is 725. The Kier molecular flexibility index (Phi) is 5.61. The molecule has 0 bridgehead atoms. The quantitative estimate of drug-likeness (QED) is 0.756. The Hall–Kier alpha value is -1.64. The second-order valence-corrected chi connectivity index (χ2v) is 8.24. The van der Waals surface area contributed by atoms with E-state index in [0.717, 1.165) is 32.3 Å². The van der Waals surface area contributed by atoms with Gasteiger partial charge in [-0.25, -0.2) is 13.1 Å². The molecule has 0 unspecified atom stereocenters. The number of ether oxygens (including phenoxy) is 2. The maximum absolute atomic E-state index is 12.5. The van der Waals surface area contributed by atoms with Gasteiger partial charge in [-0.05, 0) is 49.8 Å². The maximum atomic E-state index is 12.5. The number of carbonyl (C=O) groups is 1. The van der Waals surface area contributed by atoms with E-state index in [9.17, 15) is 13.2 Å². The summed E-state index contributed by atoms with van der Waals surface area (Å²) in [5.74, 6) is 0.233. The zero-order chi connectivity index (χ0) is 17.9. The van der Waals surface area contributed by atoms with Gasteiger partial charge in [0.25, 0.3) is 5.91 Å². The lowest BCUT2D eigenvalue weighted by Crippen LogP contribution is -2.33. The third-order valence-electron chi connectivity index (χ3n) is 4.42. The molecule has 1 aliphatic carbocycles. The molecule has 8 heteroatoms. The van der Waals surface area contributed by atoms with Crippen molar-refractivity contribution < 1.29 is 22.7 Å². The van der Waals surface area contributed by atoms with Crippen LogP contribution >= 0.6 is 0 Å². The van der Waals surface area contributed by atoms with Gasteiger partial charge in [-0.1, -0.05) is 0 Å². The van der Waals surface area contributed by atoms with Crippen LogP contribution in [0.15, 0.2) is 23.1 Å². The first-order chi connectivity index (χ1) is 12.0. The van der Waals surface area contributed by atoms with Gasteiger partial charge in [0.15, 0.2) is 0 Å². The summed E-state index contributed by atoms with van der Waals surface area (Å²) in [7, 11) is -2.30. The van der Waals surface area contributed by atoms with Crippen LogP contribution in [-0.4, -0.2) is 47.2 Å². The molecule has 138 valence electrons. The van der Waals surface area contributed by atoms with E-state index in [1.165, 1.54) is 19.2 Å². The van der Waals surface area contributed by atoms with Crippen molar-refractivity contribution in [3.63, 3.8) is 0 Å². The van der Waals surface area contributed by atoms with Gasteiger partial charge in [-0.15, -0.1) is 0 Å². The highest BCUT2D eigenvalue weighted by Gasteiger charge is 2.30. The van der Waals surface area contributed by atoms with E-state index >= 15 is 0 Å². The van der Waals surface area contributed by atoms with Gasteiger partial charge in [-0.3, -0.25) is 4.79 Å². The fraction of sp³-hybridized carbons (Fsp3) is 0.588. The molecule has 1 atom stereocenters. The lowest BCUT2D eigenvalue weighted by molar-refractivity contribution is 0.0536. The van der Waals surface area contributed by atoms with E-state index < -0.39 is 10.0 Å². The number of rotatable bonds is 7. The van der Waals surface area contributed by atoms with Crippen molar-refractivity contribution in [2.24, 2.45) is 5.92 Å². The summed E-state index contributed by atoms with van der Waals surface area (Å²) in [5, 5.41) is 2.86. The van der Waals surface area contributed by atoms with Crippen LogP contribution in [0, 0.1) is 5.92 Å². The largest absolute Gasteiger partial charge is 0.495 e. The zero-order valence-corrected chi connectivity index (χ0v) is 15.1. The van der Waals surface area contributed by atoms with Gasteiger partial charge in [0, 0.05) is 24.8 Å². The molecule has 1 heterocycles. The van der Waals surface area contributed by atoms with Gasteiger partial charge in [0.2, 0.25) is 10.0 Å². The fourth-order valence-electron chi connectivity index (χ4n) is 2.82. The first-order valence-corrected chi connectivity index (χ1v) is 10.0. The highest BCUT2D eigenvalue weighted by molar-refractivity contribution is 7.89. The number of hydrogen-bond acceptors (Lipinski definition) is 5. The highest BCUT2D eigenvalue weighted by Crippen LogP contribution is 2.28. The summed E-state index contributed by atoms with van der Waals surface area (Å²) in [6, 6.07) is 4.44. The average Bonchev–Trinajstić information content (AvgIpc) is 3.43. The van der Waals surface area contributed by atoms with E-state index in [4.69, 9.17) is 9.47 Å². The van der Waals surface area contributed by atoms with Gasteiger partial charge >= 0.3 is 0 Å². The minimum atomic E-state index is -3.71. The lowest BCUT2D eigenvalue weighted by atomic mass is 10.0. The Morgan fingerprint density at radius 2 is 2.12 bits per heavy atom. The van der Waals surface area contributed by atoms with E-state index in [1.807, 2.05) is 0 Å². The van der Waals surface area contributed by atoms with Crippen LogP contribution < -0.4 is 14.8 Å². The second-order valence-electron chi connectivity index (χ2n) is 6.55. The van der Waals surface area contributed by atoms with Crippen molar-refractivity contribution >= 4 is 15.9 Å². The van der Waals surface area contributed by atoms with Gasteiger partial charge in [0.05, 0.1) is 13.7 Å². The standard InChI is InChI=1S/C17H24N2O5S/c1-23-15-7-4-13(9-16(15)25(21,22)19-14-5-6-14)17(20)18-10-12-3-2-8-24-11-12/h4,7,9,12,14,19H,2-3,5-6,8,10-11H2,1H3,(H,18,20)/t12-/m0/s1. The Morgan fingerprint density at radius 1 is 1.32 bits per heavy atom. The molecule has 7 nitrogen and oxygen atoms in total. The van der Waals surface area contributed by atoms with Crippen LogP contribution in [0.1, 0.15) is 36.0 Å². The maximum Gasteiger partial charge on any atom is 0.251 e. The molecule has 1 aliphatic heterocycles. The number of sulfonamides is 1. The summed E-state index contributed by atoms with van der Waals surface area (Å²) in [5.41, 5.74) is 0.300. The molecular weight excluding hydrogens is 344 g/mol. The Balaban J connectivity index is 1.72. The molecule has 1 saturated heterocycles. The van der Waals surface area contributed by atoms with E-state index in [-0.39, 0.29) is 22.6 Å². The zero-order valence-electron chi connectivity index (χ0n) is 14.3.